The largest absolute Gasteiger partial charge is 0.490 e. The Morgan fingerprint density at radius 2 is 1.72 bits per heavy atom. The number of carbonyl (C=O) groups excluding carboxylic acids is 2. The molecule has 0 atom stereocenters. The summed E-state index contributed by atoms with van der Waals surface area (Å²) in [6, 6.07) is 10.2. The van der Waals surface area contributed by atoms with E-state index in [9.17, 15) is 9.59 Å². The zero-order valence-corrected chi connectivity index (χ0v) is 18.1. The van der Waals surface area contributed by atoms with Crippen LogP contribution in [-0.4, -0.2) is 43.5 Å². The highest BCUT2D eigenvalue weighted by atomic mass is 35.5. The molecule has 1 N–H and O–H groups in total. The predicted molar refractivity (Wildman–Crippen MR) is 114 cm³/mol. The minimum absolute atomic E-state index is 0.148. The first-order valence-electron chi connectivity index (χ1n) is 9.22. The number of nitrogens with one attached hydrogen (secondary N) is 1. The first-order valence-corrected chi connectivity index (χ1v) is 9.97. The normalized spacial score (nSPS) is 10.4. The molecule has 156 valence electrons. The molecule has 0 spiro atoms. The summed E-state index contributed by atoms with van der Waals surface area (Å²) in [6.07, 6.45) is 0. The van der Waals surface area contributed by atoms with Crippen LogP contribution in [0.3, 0.4) is 0 Å². The molecule has 0 aromatic heterocycles. The van der Waals surface area contributed by atoms with Crippen LogP contribution in [0.5, 0.6) is 11.5 Å². The van der Waals surface area contributed by atoms with Gasteiger partial charge in [0.2, 0.25) is 5.91 Å². The summed E-state index contributed by atoms with van der Waals surface area (Å²) in [5.74, 6) is 0.419. The van der Waals surface area contributed by atoms with Crippen LogP contribution in [-0.2, 0) is 11.3 Å². The molecule has 8 heteroatoms. The lowest BCUT2D eigenvalue weighted by molar-refractivity contribution is -0.129. The third-order valence-corrected chi connectivity index (χ3v) is 4.93. The molecule has 6 nitrogen and oxygen atoms in total. The minimum atomic E-state index is -0.378. The zero-order chi connectivity index (χ0) is 21.4. The van der Waals surface area contributed by atoms with Gasteiger partial charge in [0.25, 0.3) is 5.91 Å². The molecule has 0 heterocycles. The second-order valence-electron chi connectivity index (χ2n) is 6.17. The third kappa shape index (κ3) is 6.27. The maximum atomic E-state index is 12.4. The van der Waals surface area contributed by atoms with E-state index < -0.39 is 0 Å². The molecule has 2 aromatic rings. The molecule has 2 rings (SSSR count). The molecular formula is C21H24Cl2N2O4. The lowest BCUT2D eigenvalue weighted by Crippen LogP contribution is -2.37. The van der Waals surface area contributed by atoms with Crippen molar-refractivity contribution in [2.75, 3.05) is 26.8 Å². The number of ether oxygens (including phenoxy) is 2. The van der Waals surface area contributed by atoms with E-state index in [1.165, 1.54) is 4.90 Å². The Balaban J connectivity index is 1.98. The molecule has 29 heavy (non-hydrogen) atoms. The van der Waals surface area contributed by atoms with E-state index in [-0.39, 0.29) is 24.9 Å². The topological polar surface area (TPSA) is 67.9 Å². The van der Waals surface area contributed by atoms with Crippen molar-refractivity contribution in [2.24, 2.45) is 0 Å². The van der Waals surface area contributed by atoms with Gasteiger partial charge in [-0.3, -0.25) is 9.59 Å². The van der Waals surface area contributed by atoms with E-state index in [1.807, 2.05) is 13.8 Å². The van der Waals surface area contributed by atoms with Crippen molar-refractivity contribution in [3.63, 3.8) is 0 Å². The van der Waals surface area contributed by atoms with Gasteiger partial charge in [-0.1, -0.05) is 35.3 Å². The Bertz CT molecular complexity index is 874. The Labute approximate surface area is 180 Å². The van der Waals surface area contributed by atoms with Crippen LogP contribution in [0.1, 0.15) is 29.8 Å². The minimum Gasteiger partial charge on any atom is -0.490 e. The maximum absolute atomic E-state index is 12.4. The van der Waals surface area contributed by atoms with E-state index in [4.69, 9.17) is 32.7 Å². The average molecular weight is 439 g/mol. The molecule has 0 unspecified atom stereocenters. The van der Waals surface area contributed by atoms with E-state index in [2.05, 4.69) is 5.32 Å². The van der Waals surface area contributed by atoms with Gasteiger partial charge >= 0.3 is 0 Å². The summed E-state index contributed by atoms with van der Waals surface area (Å²) < 4.78 is 11.0. The van der Waals surface area contributed by atoms with Crippen LogP contribution in [0.2, 0.25) is 10.0 Å². The first-order chi connectivity index (χ1) is 13.9. The number of hydrogen-bond donors (Lipinski definition) is 1. The van der Waals surface area contributed by atoms with Crippen LogP contribution in [0, 0.1) is 0 Å². The van der Waals surface area contributed by atoms with Gasteiger partial charge in [0, 0.05) is 19.2 Å². The lowest BCUT2D eigenvalue weighted by Gasteiger charge is -2.19. The summed E-state index contributed by atoms with van der Waals surface area (Å²) in [7, 11) is 1.63. The fourth-order valence-corrected chi connectivity index (χ4v) is 2.98. The monoisotopic (exact) mass is 438 g/mol. The fraction of sp³-hybridized carbons (Fsp3) is 0.333. The maximum Gasteiger partial charge on any atom is 0.251 e. The Morgan fingerprint density at radius 3 is 2.41 bits per heavy atom. The number of hydrogen-bond acceptors (Lipinski definition) is 4. The highest BCUT2D eigenvalue weighted by molar-refractivity contribution is 6.42. The van der Waals surface area contributed by atoms with Crippen molar-refractivity contribution in [1.82, 2.24) is 10.2 Å². The standard InChI is InChI=1S/C21H24Cl2N2O4/c1-4-28-17-10-9-14(11-18(17)29-5-2)21(27)24-12-19(26)25(3)13-15-7-6-8-16(22)20(15)23/h6-11H,4-5,12-13H2,1-3H3,(H,24,27). The van der Waals surface area contributed by atoms with Gasteiger partial charge < -0.3 is 19.7 Å². The summed E-state index contributed by atoms with van der Waals surface area (Å²) in [5.41, 5.74) is 1.11. The number of nitrogens with zero attached hydrogens (tertiary/aromatic N) is 1. The number of halogens is 2. The van der Waals surface area contributed by atoms with E-state index in [0.717, 1.165) is 5.56 Å². The molecule has 0 saturated heterocycles. The van der Waals surface area contributed by atoms with Crippen LogP contribution in [0.25, 0.3) is 0 Å². The van der Waals surface area contributed by atoms with Gasteiger partial charge in [0.1, 0.15) is 0 Å². The molecule has 0 aliphatic rings. The van der Waals surface area contributed by atoms with Crippen molar-refractivity contribution in [3.05, 3.63) is 57.6 Å². The quantitative estimate of drug-likeness (QED) is 0.637. The molecule has 0 fully saturated rings. The van der Waals surface area contributed by atoms with Gasteiger partial charge in [0.05, 0.1) is 29.8 Å². The van der Waals surface area contributed by atoms with Crippen molar-refractivity contribution < 1.29 is 19.1 Å². The highest BCUT2D eigenvalue weighted by Gasteiger charge is 2.16. The van der Waals surface area contributed by atoms with E-state index in [1.54, 1.807) is 43.4 Å². The first kappa shape index (κ1) is 22.8. The van der Waals surface area contributed by atoms with Crippen LogP contribution in [0.4, 0.5) is 0 Å². The highest BCUT2D eigenvalue weighted by Crippen LogP contribution is 2.28. The van der Waals surface area contributed by atoms with Crippen LogP contribution >= 0.6 is 23.2 Å². The van der Waals surface area contributed by atoms with Crippen LogP contribution in [0.15, 0.2) is 36.4 Å². The van der Waals surface area contributed by atoms with E-state index in [0.29, 0.717) is 40.3 Å². The summed E-state index contributed by atoms with van der Waals surface area (Å²) in [4.78, 5) is 26.3. The molecule has 0 aliphatic heterocycles. The zero-order valence-electron chi connectivity index (χ0n) is 16.6. The molecule has 0 saturated carbocycles. The fourth-order valence-electron chi connectivity index (χ4n) is 2.60. The van der Waals surface area contributed by atoms with Gasteiger partial charge in [-0.25, -0.2) is 0 Å². The Morgan fingerprint density at radius 1 is 1.03 bits per heavy atom. The van der Waals surface area contributed by atoms with Crippen molar-refractivity contribution in [1.29, 1.82) is 0 Å². The molecule has 2 aromatic carbocycles. The second kappa shape index (κ2) is 10.9. The molecule has 2 amide bonds. The average Bonchev–Trinajstić information content (AvgIpc) is 2.70. The van der Waals surface area contributed by atoms with Gasteiger partial charge in [0.15, 0.2) is 11.5 Å². The van der Waals surface area contributed by atoms with E-state index >= 15 is 0 Å². The summed E-state index contributed by atoms with van der Waals surface area (Å²) in [5, 5.41) is 3.47. The summed E-state index contributed by atoms with van der Waals surface area (Å²) >= 11 is 12.2. The second-order valence-corrected chi connectivity index (χ2v) is 6.96. The Hall–Kier alpha value is -2.44. The number of amides is 2. The van der Waals surface area contributed by atoms with Crippen molar-refractivity contribution in [3.8, 4) is 11.5 Å². The predicted octanol–water partition coefficient (Wildman–Crippen LogP) is 4.18. The number of likely N-dealkylation sites (N-methyl/N-ethyl adjacent to an activating group) is 1. The molecule has 0 aliphatic carbocycles. The molecular weight excluding hydrogens is 415 g/mol. The van der Waals surface area contributed by atoms with Gasteiger partial charge in [-0.2, -0.15) is 0 Å². The third-order valence-electron chi connectivity index (χ3n) is 4.07. The van der Waals surface area contributed by atoms with Crippen LogP contribution < -0.4 is 14.8 Å². The van der Waals surface area contributed by atoms with Gasteiger partial charge in [-0.05, 0) is 43.7 Å². The lowest BCUT2D eigenvalue weighted by atomic mass is 10.2. The van der Waals surface area contributed by atoms with Gasteiger partial charge in [-0.15, -0.1) is 0 Å². The SMILES string of the molecule is CCOc1ccc(C(=O)NCC(=O)N(C)Cc2cccc(Cl)c2Cl)cc1OCC. The number of benzene rings is 2. The Kier molecular flexibility index (Phi) is 8.61. The molecule has 0 radical (unpaired) electrons. The smallest absolute Gasteiger partial charge is 0.251 e. The number of carbonyl (C=O) groups is 2. The van der Waals surface area contributed by atoms with Crippen molar-refractivity contribution in [2.45, 2.75) is 20.4 Å². The number of rotatable bonds is 9. The summed E-state index contributed by atoms with van der Waals surface area (Å²) in [6.45, 7) is 4.79. The van der Waals surface area contributed by atoms with Crippen molar-refractivity contribution >= 4 is 35.0 Å². The molecule has 0 bridgehead atoms.